The third-order valence-corrected chi connectivity index (χ3v) is 1.90. The van der Waals surface area contributed by atoms with Crippen LogP contribution >= 0.6 is 0 Å². The van der Waals surface area contributed by atoms with Crippen LogP contribution in [0.4, 0.5) is 0 Å². The molecule has 0 aromatic rings. The highest BCUT2D eigenvalue weighted by Crippen LogP contribution is 2.00. The first-order valence-corrected chi connectivity index (χ1v) is 5.54. The zero-order valence-electron chi connectivity index (χ0n) is 10.5. The Bertz CT molecular complexity index is 216. The quantitative estimate of drug-likeness (QED) is 0.480. The first kappa shape index (κ1) is 15.1. The summed E-state index contributed by atoms with van der Waals surface area (Å²) < 4.78 is 10.2. The van der Waals surface area contributed by atoms with E-state index in [-0.39, 0.29) is 11.8 Å². The van der Waals surface area contributed by atoms with Crippen molar-refractivity contribution >= 4 is 5.91 Å². The van der Waals surface area contributed by atoms with Crippen LogP contribution in [0.5, 0.6) is 0 Å². The molecule has 0 radical (unpaired) electrons. The highest BCUT2D eigenvalue weighted by atomic mass is 16.5. The van der Waals surface area contributed by atoms with Crippen molar-refractivity contribution in [3.05, 3.63) is 12.2 Å². The van der Waals surface area contributed by atoms with Crippen molar-refractivity contribution in [1.82, 2.24) is 5.32 Å². The van der Waals surface area contributed by atoms with Gasteiger partial charge in [-0.2, -0.15) is 0 Å². The summed E-state index contributed by atoms with van der Waals surface area (Å²) in [6, 6.07) is 0. The average molecular weight is 229 g/mol. The van der Waals surface area contributed by atoms with Crippen molar-refractivity contribution in [3.8, 4) is 0 Å². The Balaban J connectivity index is 3.40. The first-order chi connectivity index (χ1) is 7.56. The van der Waals surface area contributed by atoms with Gasteiger partial charge in [0.2, 0.25) is 5.91 Å². The molecule has 1 amide bonds. The van der Waals surface area contributed by atoms with E-state index >= 15 is 0 Å². The standard InChI is InChI=1S/C12H23NO3/c1-10(2)8-16-6-5-13-12(14)7-11(3)9-15-4/h11H,1,5-9H2,2-4H3,(H,13,14). The topological polar surface area (TPSA) is 47.6 Å². The van der Waals surface area contributed by atoms with Crippen molar-refractivity contribution in [1.29, 1.82) is 0 Å². The van der Waals surface area contributed by atoms with E-state index in [1.54, 1.807) is 7.11 Å². The lowest BCUT2D eigenvalue weighted by Gasteiger charge is -2.10. The van der Waals surface area contributed by atoms with Crippen molar-refractivity contribution in [3.63, 3.8) is 0 Å². The summed E-state index contributed by atoms with van der Waals surface area (Å²) >= 11 is 0. The third kappa shape index (κ3) is 9.68. The molecule has 4 nitrogen and oxygen atoms in total. The predicted octanol–water partition coefficient (Wildman–Crippen LogP) is 1.37. The van der Waals surface area contributed by atoms with E-state index in [1.807, 2.05) is 13.8 Å². The lowest BCUT2D eigenvalue weighted by molar-refractivity contribution is -0.122. The molecule has 0 heterocycles. The molecule has 0 bridgehead atoms. The minimum Gasteiger partial charge on any atom is -0.384 e. The Kier molecular flexibility index (Phi) is 8.85. The maximum Gasteiger partial charge on any atom is 0.220 e. The van der Waals surface area contributed by atoms with Crippen LogP contribution in [0.15, 0.2) is 12.2 Å². The molecule has 0 aliphatic heterocycles. The second kappa shape index (κ2) is 9.36. The van der Waals surface area contributed by atoms with Gasteiger partial charge in [0, 0.05) is 26.7 Å². The summed E-state index contributed by atoms with van der Waals surface area (Å²) in [5, 5.41) is 2.80. The highest BCUT2D eigenvalue weighted by Gasteiger charge is 2.07. The van der Waals surface area contributed by atoms with Crippen LogP contribution in [0.2, 0.25) is 0 Å². The van der Waals surface area contributed by atoms with E-state index in [4.69, 9.17) is 9.47 Å². The molecule has 0 aliphatic carbocycles. The van der Waals surface area contributed by atoms with Gasteiger partial charge < -0.3 is 14.8 Å². The molecule has 0 rings (SSSR count). The van der Waals surface area contributed by atoms with Gasteiger partial charge in [0.1, 0.15) is 0 Å². The molecule has 0 aromatic carbocycles. The number of hydrogen-bond donors (Lipinski definition) is 1. The fourth-order valence-electron chi connectivity index (χ4n) is 1.24. The zero-order valence-corrected chi connectivity index (χ0v) is 10.5. The van der Waals surface area contributed by atoms with Crippen molar-refractivity contribution in [2.45, 2.75) is 20.3 Å². The largest absolute Gasteiger partial charge is 0.384 e. The molecule has 0 saturated heterocycles. The van der Waals surface area contributed by atoms with Crippen molar-refractivity contribution in [2.75, 3.05) is 33.5 Å². The van der Waals surface area contributed by atoms with Gasteiger partial charge >= 0.3 is 0 Å². The Morgan fingerprint density at radius 1 is 1.50 bits per heavy atom. The first-order valence-electron chi connectivity index (χ1n) is 5.54. The van der Waals surface area contributed by atoms with Crippen molar-refractivity contribution < 1.29 is 14.3 Å². The average Bonchev–Trinajstić information content (AvgIpc) is 2.16. The van der Waals surface area contributed by atoms with Gasteiger partial charge in [-0.25, -0.2) is 0 Å². The molecule has 4 heteroatoms. The number of amides is 1. The molecule has 1 unspecified atom stereocenters. The predicted molar refractivity (Wildman–Crippen MR) is 64.3 cm³/mol. The molecule has 94 valence electrons. The molecular weight excluding hydrogens is 206 g/mol. The summed E-state index contributed by atoms with van der Waals surface area (Å²) in [5.74, 6) is 0.296. The van der Waals surface area contributed by atoms with Gasteiger partial charge in [0.25, 0.3) is 0 Å². The summed E-state index contributed by atoms with van der Waals surface area (Å²) in [6.45, 7) is 9.85. The molecule has 0 fully saturated rings. The Labute approximate surface area is 98.0 Å². The van der Waals surface area contributed by atoms with Gasteiger partial charge in [0.05, 0.1) is 13.2 Å². The Hall–Kier alpha value is -0.870. The van der Waals surface area contributed by atoms with Crippen molar-refractivity contribution in [2.24, 2.45) is 5.92 Å². The number of hydrogen-bond acceptors (Lipinski definition) is 3. The van der Waals surface area contributed by atoms with Gasteiger partial charge in [-0.05, 0) is 12.8 Å². The maximum atomic E-state index is 11.4. The lowest BCUT2D eigenvalue weighted by atomic mass is 10.1. The fraction of sp³-hybridized carbons (Fsp3) is 0.750. The summed E-state index contributed by atoms with van der Waals surface area (Å²) in [5.41, 5.74) is 0.986. The molecule has 1 atom stereocenters. The molecule has 0 aliphatic rings. The number of carbonyl (C=O) groups is 1. The van der Waals surface area contributed by atoms with Crippen LogP contribution in [0.1, 0.15) is 20.3 Å². The second-order valence-electron chi connectivity index (χ2n) is 4.12. The number of ether oxygens (including phenoxy) is 2. The monoisotopic (exact) mass is 229 g/mol. The minimum atomic E-state index is 0.0449. The van der Waals surface area contributed by atoms with E-state index < -0.39 is 0 Å². The van der Waals surface area contributed by atoms with Crippen LogP contribution in [-0.4, -0.2) is 39.4 Å². The van der Waals surface area contributed by atoms with Crippen LogP contribution < -0.4 is 5.32 Å². The molecule has 0 spiro atoms. The number of methoxy groups -OCH3 is 1. The van der Waals surface area contributed by atoms with Crippen LogP contribution in [0, 0.1) is 5.92 Å². The third-order valence-electron chi connectivity index (χ3n) is 1.90. The second-order valence-corrected chi connectivity index (χ2v) is 4.12. The van der Waals surface area contributed by atoms with Gasteiger partial charge in [0.15, 0.2) is 0 Å². The van der Waals surface area contributed by atoms with Crippen LogP contribution in [-0.2, 0) is 14.3 Å². The fourth-order valence-corrected chi connectivity index (χ4v) is 1.24. The number of carbonyl (C=O) groups excluding carboxylic acids is 1. The lowest BCUT2D eigenvalue weighted by Crippen LogP contribution is -2.29. The van der Waals surface area contributed by atoms with Gasteiger partial charge in [-0.1, -0.05) is 19.1 Å². The highest BCUT2D eigenvalue weighted by molar-refractivity contribution is 5.76. The summed E-state index contributed by atoms with van der Waals surface area (Å²) in [4.78, 5) is 11.4. The molecule has 0 aromatic heterocycles. The molecule has 1 N–H and O–H groups in total. The van der Waals surface area contributed by atoms with Gasteiger partial charge in [-0.3, -0.25) is 4.79 Å². The molecule has 16 heavy (non-hydrogen) atoms. The van der Waals surface area contributed by atoms with E-state index in [0.717, 1.165) is 5.57 Å². The smallest absolute Gasteiger partial charge is 0.220 e. The maximum absolute atomic E-state index is 11.4. The van der Waals surface area contributed by atoms with Gasteiger partial charge in [-0.15, -0.1) is 0 Å². The summed E-state index contributed by atoms with van der Waals surface area (Å²) in [6.07, 6.45) is 0.494. The molecular formula is C12H23NO3. The summed E-state index contributed by atoms with van der Waals surface area (Å²) in [7, 11) is 1.64. The number of nitrogens with one attached hydrogen (secondary N) is 1. The normalized spacial score (nSPS) is 12.2. The number of rotatable bonds is 9. The molecule has 0 saturated carbocycles. The van der Waals surface area contributed by atoms with Crippen LogP contribution in [0.25, 0.3) is 0 Å². The van der Waals surface area contributed by atoms with E-state index in [2.05, 4.69) is 11.9 Å². The Morgan fingerprint density at radius 3 is 2.75 bits per heavy atom. The van der Waals surface area contributed by atoms with E-state index in [9.17, 15) is 4.79 Å². The minimum absolute atomic E-state index is 0.0449. The SMILES string of the molecule is C=C(C)COCCNC(=O)CC(C)COC. The van der Waals surface area contributed by atoms with Crippen LogP contribution in [0.3, 0.4) is 0 Å². The van der Waals surface area contributed by atoms with E-state index in [1.165, 1.54) is 0 Å². The zero-order chi connectivity index (χ0) is 12.4. The Morgan fingerprint density at radius 2 is 2.19 bits per heavy atom. The van der Waals surface area contributed by atoms with E-state index in [0.29, 0.717) is 32.8 Å².